The minimum absolute atomic E-state index is 0.0535. The van der Waals surface area contributed by atoms with Gasteiger partial charge < -0.3 is 10.6 Å². The van der Waals surface area contributed by atoms with Crippen molar-refractivity contribution in [2.75, 3.05) is 23.7 Å². The lowest BCUT2D eigenvalue weighted by Crippen LogP contribution is -2.30. The first-order valence-electron chi connectivity index (χ1n) is 6.46. The summed E-state index contributed by atoms with van der Waals surface area (Å²) in [6.07, 6.45) is 0. The van der Waals surface area contributed by atoms with Gasteiger partial charge in [-0.15, -0.1) is 11.3 Å². The van der Waals surface area contributed by atoms with Crippen molar-refractivity contribution in [1.29, 1.82) is 0 Å². The average molecular weight is 268 g/mol. The van der Waals surface area contributed by atoms with Crippen LogP contribution in [0.5, 0.6) is 0 Å². The highest BCUT2D eigenvalue weighted by Crippen LogP contribution is 2.33. The molecule has 1 heterocycles. The Morgan fingerprint density at radius 1 is 1.28 bits per heavy atom. The molecule has 1 aromatic rings. The van der Waals surface area contributed by atoms with Gasteiger partial charge in [-0.2, -0.15) is 0 Å². The Morgan fingerprint density at radius 3 is 2.11 bits per heavy atom. The van der Waals surface area contributed by atoms with E-state index in [1.54, 1.807) is 6.92 Å². The van der Waals surface area contributed by atoms with Crippen LogP contribution < -0.4 is 10.6 Å². The Morgan fingerprint density at radius 2 is 1.78 bits per heavy atom. The minimum atomic E-state index is 0.0535. The molecule has 4 heteroatoms. The monoisotopic (exact) mass is 268 g/mol. The summed E-state index contributed by atoms with van der Waals surface area (Å²) in [6, 6.07) is 1.94. The third kappa shape index (κ3) is 4.02. The number of nitrogens with two attached hydrogens (primary N) is 1. The third-order valence-corrected chi connectivity index (χ3v) is 3.86. The predicted octanol–water partition coefficient (Wildman–Crippen LogP) is 3.65. The van der Waals surface area contributed by atoms with Gasteiger partial charge in [-0.3, -0.25) is 4.79 Å². The molecule has 0 aromatic carbocycles. The van der Waals surface area contributed by atoms with Crippen molar-refractivity contribution >= 4 is 27.8 Å². The zero-order valence-electron chi connectivity index (χ0n) is 12.0. The van der Waals surface area contributed by atoms with Crippen molar-refractivity contribution < 1.29 is 4.79 Å². The molecule has 0 aliphatic heterocycles. The summed E-state index contributed by atoms with van der Waals surface area (Å²) in [6.45, 7) is 12.4. The van der Waals surface area contributed by atoms with E-state index in [1.807, 2.05) is 6.07 Å². The Labute approximate surface area is 114 Å². The van der Waals surface area contributed by atoms with Gasteiger partial charge in [0.15, 0.2) is 5.78 Å². The first-order valence-corrected chi connectivity index (χ1v) is 7.28. The molecule has 0 aliphatic carbocycles. The fourth-order valence-corrected chi connectivity index (χ4v) is 2.95. The largest absolute Gasteiger partial charge is 0.397 e. The second-order valence-electron chi connectivity index (χ2n) is 5.62. The summed E-state index contributed by atoms with van der Waals surface area (Å²) >= 11 is 1.51. The molecule has 102 valence electrons. The Hall–Kier alpha value is -1.03. The second kappa shape index (κ2) is 6.23. The van der Waals surface area contributed by atoms with E-state index in [0.717, 1.165) is 18.1 Å². The number of hydrogen-bond acceptors (Lipinski definition) is 4. The number of nitrogen functional groups attached to an aromatic ring is 1. The van der Waals surface area contributed by atoms with Gasteiger partial charge in [-0.1, -0.05) is 27.7 Å². The van der Waals surface area contributed by atoms with Crippen molar-refractivity contribution in [3.8, 4) is 0 Å². The fourth-order valence-electron chi connectivity index (χ4n) is 1.96. The number of anilines is 2. The molecule has 1 rings (SSSR count). The van der Waals surface area contributed by atoms with Crippen molar-refractivity contribution in [2.45, 2.75) is 34.6 Å². The van der Waals surface area contributed by atoms with E-state index in [1.165, 1.54) is 11.3 Å². The lowest BCUT2D eigenvalue weighted by atomic mass is 10.1. The first-order chi connectivity index (χ1) is 8.31. The van der Waals surface area contributed by atoms with E-state index in [2.05, 4.69) is 32.6 Å². The molecule has 0 aliphatic rings. The van der Waals surface area contributed by atoms with Crippen LogP contribution in [0.15, 0.2) is 6.07 Å². The zero-order valence-corrected chi connectivity index (χ0v) is 12.8. The predicted molar refractivity (Wildman–Crippen MR) is 80.6 cm³/mol. The summed E-state index contributed by atoms with van der Waals surface area (Å²) in [4.78, 5) is 14.5. The number of nitrogens with zero attached hydrogens (tertiary/aromatic N) is 1. The molecule has 0 unspecified atom stereocenters. The SMILES string of the molecule is CC(=O)c1sc(N(CC(C)C)CC(C)C)cc1N. The lowest BCUT2D eigenvalue weighted by molar-refractivity contribution is 0.102. The third-order valence-electron chi connectivity index (χ3n) is 2.55. The van der Waals surface area contributed by atoms with E-state index in [4.69, 9.17) is 5.73 Å². The molecule has 0 spiro atoms. The molecule has 0 atom stereocenters. The number of Topliss-reactive ketones (excluding diaryl/α,β-unsaturated/α-hetero) is 1. The van der Waals surface area contributed by atoms with Crippen molar-refractivity contribution in [3.05, 3.63) is 10.9 Å². The van der Waals surface area contributed by atoms with Gasteiger partial charge in [-0.25, -0.2) is 0 Å². The van der Waals surface area contributed by atoms with Crippen LogP contribution in [0.25, 0.3) is 0 Å². The maximum Gasteiger partial charge on any atom is 0.171 e. The summed E-state index contributed by atoms with van der Waals surface area (Å²) in [5.74, 6) is 1.23. The van der Waals surface area contributed by atoms with Gasteiger partial charge in [0.05, 0.1) is 15.6 Å². The first kappa shape index (κ1) is 15.0. The van der Waals surface area contributed by atoms with Crippen LogP contribution in [-0.4, -0.2) is 18.9 Å². The van der Waals surface area contributed by atoms with E-state index in [0.29, 0.717) is 22.4 Å². The molecule has 0 radical (unpaired) electrons. The molecule has 0 amide bonds. The summed E-state index contributed by atoms with van der Waals surface area (Å²) in [5, 5.41) is 1.11. The number of hydrogen-bond donors (Lipinski definition) is 1. The van der Waals surface area contributed by atoms with Gasteiger partial charge in [-0.05, 0) is 17.9 Å². The highest BCUT2D eigenvalue weighted by Gasteiger charge is 2.17. The topological polar surface area (TPSA) is 46.3 Å². The summed E-state index contributed by atoms with van der Waals surface area (Å²) in [5.41, 5.74) is 6.52. The second-order valence-corrected chi connectivity index (χ2v) is 6.65. The van der Waals surface area contributed by atoms with Crippen molar-refractivity contribution in [3.63, 3.8) is 0 Å². The molecule has 0 bridgehead atoms. The maximum atomic E-state index is 11.5. The molecule has 0 saturated carbocycles. The molecule has 0 fully saturated rings. The minimum Gasteiger partial charge on any atom is -0.397 e. The Balaban J connectivity index is 2.97. The van der Waals surface area contributed by atoms with Crippen molar-refractivity contribution in [2.24, 2.45) is 11.8 Å². The van der Waals surface area contributed by atoms with Crippen LogP contribution in [0.1, 0.15) is 44.3 Å². The van der Waals surface area contributed by atoms with E-state index < -0.39 is 0 Å². The van der Waals surface area contributed by atoms with Gasteiger partial charge in [0.2, 0.25) is 0 Å². The van der Waals surface area contributed by atoms with Crippen LogP contribution >= 0.6 is 11.3 Å². The number of carbonyl (C=O) groups excluding carboxylic acids is 1. The van der Waals surface area contributed by atoms with E-state index in [9.17, 15) is 4.79 Å². The molecule has 18 heavy (non-hydrogen) atoms. The van der Waals surface area contributed by atoms with Crippen LogP contribution in [0.3, 0.4) is 0 Å². The molecular weight excluding hydrogens is 244 g/mol. The molecule has 1 aromatic heterocycles. The average Bonchev–Trinajstić information content (AvgIpc) is 2.57. The van der Waals surface area contributed by atoms with Crippen LogP contribution in [0, 0.1) is 11.8 Å². The molecular formula is C14H24N2OS. The van der Waals surface area contributed by atoms with Gasteiger partial charge in [0.1, 0.15) is 0 Å². The van der Waals surface area contributed by atoms with E-state index in [-0.39, 0.29) is 5.78 Å². The lowest BCUT2D eigenvalue weighted by Gasteiger charge is -2.26. The number of thiophene rings is 1. The quantitative estimate of drug-likeness (QED) is 0.801. The van der Waals surface area contributed by atoms with Gasteiger partial charge in [0.25, 0.3) is 0 Å². The number of rotatable bonds is 6. The Kier molecular flexibility index (Phi) is 5.20. The number of ketones is 1. The van der Waals surface area contributed by atoms with E-state index >= 15 is 0 Å². The van der Waals surface area contributed by atoms with Gasteiger partial charge >= 0.3 is 0 Å². The standard InChI is InChI=1S/C14H24N2OS/c1-9(2)7-16(8-10(3)4)13-6-12(15)14(18-13)11(5)17/h6,9-10H,7-8,15H2,1-5H3. The zero-order chi connectivity index (χ0) is 13.9. The van der Waals surface area contributed by atoms with Crippen LogP contribution in [-0.2, 0) is 0 Å². The van der Waals surface area contributed by atoms with Crippen molar-refractivity contribution in [1.82, 2.24) is 0 Å². The normalized spacial score (nSPS) is 11.3. The molecule has 2 N–H and O–H groups in total. The van der Waals surface area contributed by atoms with Crippen LogP contribution in [0.4, 0.5) is 10.7 Å². The highest BCUT2D eigenvalue weighted by atomic mass is 32.1. The molecule has 0 saturated heterocycles. The summed E-state index contributed by atoms with van der Waals surface area (Å²) in [7, 11) is 0. The number of carbonyl (C=O) groups is 1. The fraction of sp³-hybridized carbons (Fsp3) is 0.643. The smallest absolute Gasteiger partial charge is 0.171 e. The maximum absolute atomic E-state index is 11.5. The Bertz CT molecular complexity index is 400. The summed E-state index contributed by atoms with van der Waals surface area (Å²) < 4.78 is 0. The van der Waals surface area contributed by atoms with Gasteiger partial charge in [0, 0.05) is 20.0 Å². The highest BCUT2D eigenvalue weighted by molar-refractivity contribution is 7.18. The molecule has 3 nitrogen and oxygen atoms in total. The van der Waals surface area contributed by atoms with Crippen LogP contribution in [0.2, 0.25) is 0 Å².